The highest BCUT2D eigenvalue weighted by Gasteiger charge is 2.20. The first kappa shape index (κ1) is 15.9. The fourth-order valence-corrected chi connectivity index (χ4v) is 3.25. The van der Waals surface area contributed by atoms with E-state index in [-0.39, 0.29) is 0 Å². The fraction of sp³-hybridized carbons (Fsp3) is 0.400. The summed E-state index contributed by atoms with van der Waals surface area (Å²) < 4.78 is 0. The molecule has 1 aliphatic heterocycles. The van der Waals surface area contributed by atoms with Crippen LogP contribution in [0.1, 0.15) is 24.0 Å². The lowest BCUT2D eigenvalue weighted by atomic mass is 9.97. The minimum absolute atomic E-state index is 0.320. The molecule has 3 nitrogen and oxygen atoms in total. The summed E-state index contributed by atoms with van der Waals surface area (Å²) in [4.78, 5) is 2.44. The van der Waals surface area contributed by atoms with Crippen LogP contribution in [0.2, 0.25) is 0 Å². The molecule has 0 saturated carbocycles. The van der Waals surface area contributed by atoms with Crippen LogP contribution in [0.25, 0.3) is 0 Å². The number of benzene rings is 2. The van der Waals surface area contributed by atoms with Crippen LogP contribution < -0.4 is 10.2 Å². The lowest BCUT2D eigenvalue weighted by Gasteiger charge is -2.34. The summed E-state index contributed by atoms with van der Waals surface area (Å²) in [7, 11) is 0. The highest BCUT2D eigenvalue weighted by atomic mass is 16.3. The van der Waals surface area contributed by atoms with Crippen molar-refractivity contribution in [2.24, 2.45) is 5.92 Å². The maximum Gasteiger partial charge on any atom is 0.0602 e. The Balaban J connectivity index is 1.70. The van der Waals surface area contributed by atoms with Crippen LogP contribution in [-0.4, -0.2) is 24.8 Å². The third-order valence-corrected chi connectivity index (χ3v) is 4.85. The minimum Gasteiger partial charge on any atom is -0.396 e. The van der Waals surface area contributed by atoms with Crippen LogP contribution in [0, 0.1) is 12.8 Å². The summed E-state index contributed by atoms with van der Waals surface area (Å²) in [5.41, 5.74) is 5.12. The molecule has 1 heterocycles. The van der Waals surface area contributed by atoms with Gasteiger partial charge in [0.05, 0.1) is 11.4 Å². The molecule has 1 saturated heterocycles. The number of hydrogen-bond acceptors (Lipinski definition) is 3. The quantitative estimate of drug-likeness (QED) is 0.881. The van der Waals surface area contributed by atoms with Gasteiger partial charge in [0, 0.05) is 26.2 Å². The van der Waals surface area contributed by atoms with E-state index in [9.17, 15) is 5.11 Å². The molecule has 0 atom stereocenters. The number of aryl methyl sites for hydroxylation is 1. The predicted octanol–water partition coefficient (Wildman–Crippen LogP) is 3.82. The van der Waals surface area contributed by atoms with Gasteiger partial charge in [-0.2, -0.15) is 0 Å². The number of rotatable bonds is 5. The molecule has 3 rings (SSSR count). The summed E-state index contributed by atoms with van der Waals surface area (Å²) in [6, 6.07) is 17.1. The van der Waals surface area contributed by atoms with E-state index < -0.39 is 0 Å². The molecule has 0 aromatic heterocycles. The first-order valence-corrected chi connectivity index (χ1v) is 8.51. The first-order chi connectivity index (χ1) is 11.3. The second-order valence-electron chi connectivity index (χ2n) is 6.41. The van der Waals surface area contributed by atoms with Crippen LogP contribution in [-0.2, 0) is 6.54 Å². The Bertz CT molecular complexity index is 633. The van der Waals surface area contributed by atoms with Crippen molar-refractivity contribution in [1.82, 2.24) is 0 Å². The van der Waals surface area contributed by atoms with Gasteiger partial charge in [0.1, 0.15) is 0 Å². The fourth-order valence-electron chi connectivity index (χ4n) is 3.25. The minimum atomic E-state index is 0.320. The number of hydrogen-bond donors (Lipinski definition) is 2. The second kappa shape index (κ2) is 7.51. The maximum atomic E-state index is 9.31. The van der Waals surface area contributed by atoms with Gasteiger partial charge < -0.3 is 15.3 Å². The second-order valence-corrected chi connectivity index (χ2v) is 6.41. The topological polar surface area (TPSA) is 35.5 Å². The Morgan fingerprint density at radius 2 is 1.74 bits per heavy atom. The van der Waals surface area contributed by atoms with E-state index in [1.165, 1.54) is 22.5 Å². The molecule has 3 heteroatoms. The highest BCUT2D eigenvalue weighted by molar-refractivity contribution is 5.70. The van der Waals surface area contributed by atoms with Gasteiger partial charge in [0.2, 0.25) is 0 Å². The van der Waals surface area contributed by atoms with Crippen molar-refractivity contribution in [3.63, 3.8) is 0 Å². The zero-order chi connectivity index (χ0) is 16.1. The molecule has 0 amide bonds. The van der Waals surface area contributed by atoms with E-state index in [0.29, 0.717) is 12.5 Å². The molecule has 0 aliphatic carbocycles. The Morgan fingerprint density at radius 3 is 2.48 bits per heavy atom. The van der Waals surface area contributed by atoms with E-state index in [1.54, 1.807) is 0 Å². The van der Waals surface area contributed by atoms with E-state index >= 15 is 0 Å². The summed E-state index contributed by atoms with van der Waals surface area (Å²) in [6.45, 7) is 5.36. The van der Waals surface area contributed by atoms with Crippen molar-refractivity contribution in [1.29, 1.82) is 0 Å². The molecule has 1 fully saturated rings. The average molecular weight is 310 g/mol. The number of aliphatic hydroxyl groups excluding tert-OH is 1. The smallest absolute Gasteiger partial charge is 0.0602 e. The van der Waals surface area contributed by atoms with Crippen molar-refractivity contribution in [3.05, 3.63) is 59.7 Å². The Kier molecular flexibility index (Phi) is 5.19. The van der Waals surface area contributed by atoms with Gasteiger partial charge in [-0.1, -0.05) is 36.4 Å². The SMILES string of the molecule is Cc1ccccc1CNc1ccccc1N1CCC(CO)CC1. The van der Waals surface area contributed by atoms with Crippen LogP contribution in [0.5, 0.6) is 0 Å². The molecule has 0 unspecified atom stereocenters. The molecule has 2 N–H and O–H groups in total. The normalized spacial score (nSPS) is 15.7. The lowest BCUT2D eigenvalue weighted by molar-refractivity contribution is 0.203. The third-order valence-electron chi connectivity index (χ3n) is 4.85. The van der Waals surface area contributed by atoms with Gasteiger partial charge in [0.15, 0.2) is 0 Å². The monoisotopic (exact) mass is 310 g/mol. The van der Waals surface area contributed by atoms with Crippen LogP contribution in [0.15, 0.2) is 48.5 Å². The Hall–Kier alpha value is -2.00. The van der Waals surface area contributed by atoms with Crippen molar-refractivity contribution in [2.75, 3.05) is 29.9 Å². The summed E-state index contributed by atoms with van der Waals surface area (Å²) in [6.07, 6.45) is 2.14. The molecule has 1 aliphatic rings. The number of para-hydroxylation sites is 2. The molecule has 2 aromatic rings. The number of aliphatic hydroxyl groups is 1. The predicted molar refractivity (Wildman–Crippen MR) is 97.0 cm³/mol. The maximum absolute atomic E-state index is 9.31. The van der Waals surface area contributed by atoms with E-state index in [2.05, 4.69) is 65.7 Å². The number of nitrogens with zero attached hydrogens (tertiary/aromatic N) is 1. The standard InChI is InChI=1S/C20H26N2O/c1-16-6-2-3-7-18(16)14-21-19-8-4-5-9-20(19)22-12-10-17(15-23)11-13-22/h2-9,17,21,23H,10-15H2,1H3. The molecule has 0 spiro atoms. The van der Waals surface area contributed by atoms with Crippen LogP contribution in [0.4, 0.5) is 11.4 Å². The number of piperidine rings is 1. The van der Waals surface area contributed by atoms with Crippen molar-refractivity contribution < 1.29 is 5.11 Å². The van der Waals surface area contributed by atoms with E-state index in [4.69, 9.17) is 0 Å². The number of nitrogens with one attached hydrogen (secondary N) is 1. The first-order valence-electron chi connectivity index (χ1n) is 8.51. The van der Waals surface area contributed by atoms with Crippen LogP contribution >= 0.6 is 0 Å². The van der Waals surface area contributed by atoms with Gasteiger partial charge in [-0.15, -0.1) is 0 Å². The zero-order valence-corrected chi connectivity index (χ0v) is 13.8. The Labute approximate surface area is 139 Å². The third kappa shape index (κ3) is 3.85. The Morgan fingerprint density at radius 1 is 1.04 bits per heavy atom. The number of anilines is 2. The zero-order valence-electron chi connectivity index (χ0n) is 13.8. The molecule has 2 aromatic carbocycles. The summed E-state index contributed by atoms with van der Waals surface area (Å²) >= 11 is 0. The molecule has 122 valence electrons. The van der Waals surface area contributed by atoms with Gasteiger partial charge in [0.25, 0.3) is 0 Å². The van der Waals surface area contributed by atoms with E-state index in [1.807, 2.05) is 0 Å². The molecule has 23 heavy (non-hydrogen) atoms. The largest absolute Gasteiger partial charge is 0.396 e. The molecule has 0 bridgehead atoms. The van der Waals surface area contributed by atoms with Crippen molar-refractivity contribution >= 4 is 11.4 Å². The lowest BCUT2D eigenvalue weighted by Crippen LogP contribution is -2.35. The van der Waals surface area contributed by atoms with Crippen molar-refractivity contribution in [2.45, 2.75) is 26.3 Å². The van der Waals surface area contributed by atoms with Crippen LogP contribution in [0.3, 0.4) is 0 Å². The summed E-state index contributed by atoms with van der Waals surface area (Å²) in [5, 5.41) is 12.9. The van der Waals surface area contributed by atoms with Gasteiger partial charge >= 0.3 is 0 Å². The van der Waals surface area contributed by atoms with Gasteiger partial charge in [-0.3, -0.25) is 0 Å². The van der Waals surface area contributed by atoms with Gasteiger partial charge in [-0.25, -0.2) is 0 Å². The molecule has 0 radical (unpaired) electrons. The summed E-state index contributed by atoms with van der Waals surface area (Å²) in [5.74, 6) is 0.471. The van der Waals surface area contributed by atoms with Crippen molar-refractivity contribution in [3.8, 4) is 0 Å². The van der Waals surface area contributed by atoms with Gasteiger partial charge in [-0.05, 0) is 48.9 Å². The average Bonchev–Trinajstić information content (AvgIpc) is 2.61. The molecular weight excluding hydrogens is 284 g/mol. The highest BCUT2D eigenvalue weighted by Crippen LogP contribution is 2.30. The van der Waals surface area contributed by atoms with E-state index in [0.717, 1.165) is 32.5 Å². The molecular formula is C20H26N2O.